The Balaban J connectivity index is 3.41. The molecule has 0 bridgehead atoms. The van der Waals surface area contributed by atoms with Crippen molar-refractivity contribution in [1.29, 1.82) is 0 Å². The molecule has 5 nitrogen and oxygen atoms in total. The molecule has 0 aliphatic rings. The molecule has 0 heterocycles. The summed E-state index contributed by atoms with van der Waals surface area (Å²) in [5, 5.41) is 8.82. The second-order valence-electron chi connectivity index (χ2n) is 3.95. The monoisotopic (exact) mass is 342 g/mol. The first-order chi connectivity index (χ1) is 9.71. The maximum Gasteiger partial charge on any atom is 0.252 e. The Bertz CT molecular complexity index is 623. The first kappa shape index (κ1) is 17.8. The van der Waals surface area contributed by atoms with Gasteiger partial charge in [-0.2, -0.15) is 4.31 Å². The molecule has 0 aliphatic carbocycles. The van der Waals surface area contributed by atoms with Crippen molar-refractivity contribution in [3.05, 3.63) is 29.6 Å². The van der Waals surface area contributed by atoms with Gasteiger partial charge in [0.2, 0.25) is 10.0 Å². The quantitative estimate of drug-likeness (QED) is 0.713. The predicted octanol–water partition coefficient (Wildman–Crippen LogP) is 0.708. The second-order valence-corrected chi connectivity index (χ2v) is 6.30. The summed E-state index contributed by atoms with van der Waals surface area (Å²) in [7, 11) is -4.47. The molecule has 0 aliphatic heterocycles. The molecule has 118 valence electrons. The minimum atomic E-state index is -4.47. The number of sulfonamides is 1. The summed E-state index contributed by atoms with van der Waals surface area (Å²) in [6.45, 7) is -2.35. The summed E-state index contributed by atoms with van der Waals surface area (Å²) in [5.74, 6) is -0.968. The number of thiocarbonyl (C=S) groups is 1. The highest BCUT2D eigenvalue weighted by atomic mass is 32.2. The number of hydrogen-bond donors (Lipinski definition) is 2. The summed E-state index contributed by atoms with van der Waals surface area (Å²) in [4.78, 5) is -1.11. The maximum atomic E-state index is 13.7. The van der Waals surface area contributed by atoms with Crippen LogP contribution in [0.15, 0.2) is 23.1 Å². The first-order valence-electron chi connectivity index (χ1n) is 5.69. The summed E-state index contributed by atoms with van der Waals surface area (Å²) in [6.07, 6.45) is -2.95. The van der Waals surface area contributed by atoms with Crippen molar-refractivity contribution in [2.45, 2.75) is 11.3 Å². The van der Waals surface area contributed by atoms with Gasteiger partial charge >= 0.3 is 0 Å². The lowest BCUT2D eigenvalue weighted by molar-refractivity contribution is 0.113. The topological polar surface area (TPSA) is 83.6 Å². The van der Waals surface area contributed by atoms with E-state index >= 15 is 0 Å². The van der Waals surface area contributed by atoms with Crippen molar-refractivity contribution < 1.29 is 26.7 Å². The van der Waals surface area contributed by atoms with Crippen LogP contribution in [0.4, 0.5) is 13.2 Å². The molecule has 0 radical (unpaired) electrons. The van der Waals surface area contributed by atoms with Crippen molar-refractivity contribution >= 4 is 27.2 Å². The van der Waals surface area contributed by atoms with E-state index in [1.807, 2.05) is 0 Å². The van der Waals surface area contributed by atoms with Crippen LogP contribution in [0.2, 0.25) is 0 Å². The zero-order chi connectivity index (χ0) is 16.2. The number of alkyl halides is 2. The fourth-order valence-electron chi connectivity index (χ4n) is 1.67. The van der Waals surface area contributed by atoms with Gasteiger partial charge in [0.25, 0.3) is 6.43 Å². The minimum Gasteiger partial charge on any atom is -0.395 e. The van der Waals surface area contributed by atoms with E-state index in [-0.39, 0.29) is 0 Å². The predicted molar refractivity (Wildman–Crippen MR) is 74.1 cm³/mol. The molecule has 0 saturated heterocycles. The van der Waals surface area contributed by atoms with Gasteiger partial charge in [-0.25, -0.2) is 21.6 Å². The number of hydrogen-bond acceptors (Lipinski definition) is 4. The van der Waals surface area contributed by atoms with Crippen LogP contribution in [0, 0.1) is 5.82 Å². The van der Waals surface area contributed by atoms with Gasteiger partial charge in [0.15, 0.2) is 0 Å². The highest BCUT2D eigenvalue weighted by Gasteiger charge is 2.30. The number of halogens is 3. The molecule has 1 aromatic carbocycles. The molecular weight excluding hydrogens is 329 g/mol. The Hall–Kier alpha value is -1.23. The highest BCUT2D eigenvalue weighted by Crippen LogP contribution is 2.23. The molecule has 0 saturated carbocycles. The summed E-state index contributed by atoms with van der Waals surface area (Å²) in [6, 6.07) is 3.07. The average molecular weight is 342 g/mol. The summed E-state index contributed by atoms with van der Waals surface area (Å²) >= 11 is 4.60. The lowest BCUT2D eigenvalue weighted by Gasteiger charge is -2.22. The van der Waals surface area contributed by atoms with Crippen molar-refractivity contribution in [3.8, 4) is 0 Å². The van der Waals surface area contributed by atoms with Gasteiger partial charge in [-0.3, -0.25) is 0 Å². The number of benzene rings is 1. The van der Waals surface area contributed by atoms with Crippen molar-refractivity contribution in [1.82, 2.24) is 4.31 Å². The maximum absolute atomic E-state index is 13.7. The molecule has 0 aromatic heterocycles. The standard InChI is InChI=1S/C11H13F3N2O3S2/c12-7-2-1-3-8(10(7)11(15)20)21(18,19)16(4-5-17)6-9(13)14/h1-3,9,17H,4-6H2,(H2,15,20). The van der Waals surface area contributed by atoms with Crippen LogP contribution in [0.5, 0.6) is 0 Å². The third-order valence-electron chi connectivity index (χ3n) is 2.53. The zero-order valence-electron chi connectivity index (χ0n) is 10.7. The molecule has 21 heavy (non-hydrogen) atoms. The summed E-state index contributed by atoms with van der Waals surface area (Å²) in [5.41, 5.74) is 4.76. The minimum absolute atomic E-state index is 0.355. The largest absolute Gasteiger partial charge is 0.395 e. The number of aliphatic hydroxyl groups is 1. The molecule has 0 spiro atoms. The van der Waals surface area contributed by atoms with Gasteiger partial charge in [-0.15, -0.1) is 0 Å². The Labute approximate surface area is 125 Å². The van der Waals surface area contributed by atoms with Crippen LogP contribution in [0.1, 0.15) is 5.56 Å². The third kappa shape index (κ3) is 4.13. The van der Waals surface area contributed by atoms with Crippen LogP contribution < -0.4 is 5.73 Å². The second kappa shape index (κ2) is 7.16. The number of aliphatic hydroxyl groups excluding tert-OH is 1. The van der Waals surface area contributed by atoms with Crippen molar-refractivity contribution in [2.75, 3.05) is 19.7 Å². The smallest absolute Gasteiger partial charge is 0.252 e. The van der Waals surface area contributed by atoms with Gasteiger partial charge in [-0.05, 0) is 12.1 Å². The van der Waals surface area contributed by atoms with E-state index in [4.69, 9.17) is 10.8 Å². The molecule has 3 N–H and O–H groups in total. The van der Waals surface area contributed by atoms with Gasteiger partial charge in [0, 0.05) is 6.54 Å². The normalized spacial score (nSPS) is 12.1. The molecule has 0 amide bonds. The van der Waals surface area contributed by atoms with E-state index in [9.17, 15) is 21.6 Å². The van der Waals surface area contributed by atoms with Gasteiger partial charge in [0.1, 0.15) is 10.8 Å². The van der Waals surface area contributed by atoms with Crippen LogP contribution in [0.3, 0.4) is 0 Å². The highest BCUT2D eigenvalue weighted by molar-refractivity contribution is 7.89. The van der Waals surface area contributed by atoms with Gasteiger partial charge in [0.05, 0.1) is 23.6 Å². The Morgan fingerprint density at radius 3 is 2.52 bits per heavy atom. The van der Waals surface area contributed by atoms with Crippen molar-refractivity contribution in [2.24, 2.45) is 5.73 Å². The Kier molecular flexibility index (Phi) is 6.08. The van der Waals surface area contributed by atoms with Crippen LogP contribution in [0.25, 0.3) is 0 Å². The fourth-order valence-corrected chi connectivity index (χ4v) is 3.57. The molecule has 1 aromatic rings. The van der Waals surface area contributed by atoms with E-state index in [0.717, 1.165) is 18.2 Å². The lowest BCUT2D eigenvalue weighted by Crippen LogP contribution is -2.38. The third-order valence-corrected chi connectivity index (χ3v) is 4.64. The lowest BCUT2D eigenvalue weighted by atomic mass is 10.2. The van der Waals surface area contributed by atoms with E-state index in [1.165, 1.54) is 0 Å². The molecular formula is C11H13F3N2O3S2. The van der Waals surface area contributed by atoms with E-state index in [1.54, 1.807) is 0 Å². The number of rotatable bonds is 7. The SMILES string of the molecule is NC(=S)c1c(F)cccc1S(=O)(=O)N(CCO)CC(F)F. The first-order valence-corrected chi connectivity index (χ1v) is 7.54. The van der Waals surface area contributed by atoms with Gasteiger partial charge < -0.3 is 10.8 Å². The van der Waals surface area contributed by atoms with Crippen molar-refractivity contribution in [3.63, 3.8) is 0 Å². The van der Waals surface area contributed by atoms with E-state index in [2.05, 4.69) is 12.2 Å². The molecule has 10 heteroatoms. The Morgan fingerprint density at radius 2 is 2.05 bits per heavy atom. The Morgan fingerprint density at radius 1 is 1.43 bits per heavy atom. The van der Waals surface area contributed by atoms with Crippen LogP contribution >= 0.6 is 12.2 Å². The van der Waals surface area contributed by atoms with Crippen LogP contribution in [-0.4, -0.2) is 48.9 Å². The average Bonchev–Trinajstić information content (AvgIpc) is 2.36. The molecule has 0 atom stereocenters. The summed E-state index contributed by atoms with van der Waals surface area (Å²) < 4.78 is 63.7. The fraction of sp³-hybridized carbons (Fsp3) is 0.364. The number of nitrogens with two attached hydrogens (primary N) is 1. The molecule has 1 rings (SSSR count). The molecule has 0 fully saturated rings. The van der Waals surface area contributed by atoms with Gasteiger partial charge in [-0.1, -0.05) is 18.3 Å². The van der Waals surface area contributed by atoms with E-state index in [0.29, 0.717) is 4.31 Å². The zero-order valence-corrected chi connectivity index (χ0v) is 12.3. The van der Waals surface area contributed by atoms with Crippen LogP contribution in [-0.2, 0) is 10.0 Å². The molecule has 0 unspecified atom stereocenters. The van der Waals surface area contributed by atoms with E-state index < -0.39 is 57.4 Å². The number of nitrogens with zero attached hydrogens (tertiary/aromatic N) is 1.